The topological polar surface area (TPSA) is 66.4 Å². The van der Waals surface area contributed by atoms with Crippen LogP contribution in [0.15, 0.2) is 54.6 Å². The number of Topliss-reactive ketones (excluding diaryl/α,β-unsaturated/α-hetero) is 1. The molecule has 2 N–H and O–H groups in total. The Morgan fingerprint density at radius 1 is 1.04 bits per heavy atom. The molecule has 0 aliphatic carbocycles. The van der Waals surface area contributed by atoms with Crippen LogP contribution in [0.3, 0.4) is 0 Å². The minimum Gasteiger partial charge on any atom is -0.480 e. The van der Waals surface area contributed by atoms with Crippen LogP contribution < -0.4 is 5.32 Å². The number of nitrogens with one attached hydrogen (secondary N) is 1. The van der Waals surface area contributed by atoms with Crippen molar-refractivity contribution in [2.24, 2.45) is 0 Å². The van der Waals surface area contributed by atoms with Crippen LogP contribution in [0, 0.1) is 0 Å². The van der Waals surface area contributed by atoms with Gasteiger partial charge in [0.05, 0.1) is 6.04 Å². The number of carboxylic acids is 1. The van der Waals surface area contributed by atoms with Crippen molar-refractivity contribution in [3.8, 4) is 11.1 Å². The van der Waals surface area contributed by atoms with E-state index in [1.165, 1.54) is 0 Å². The molecule has 126 valence electrons. The molecule has 2 aromatic rings. The Balaban J connectivity index is 2.33. The SMILES string of the molecule is CCC(NC(CS)C(=O)O)C(=O)c1ccccc1-c1ccccc1. The molecule has 0 radical (unpaired) electrons. The fraction of sp³-hybridized carbons (Fsp3) is 0.263. The molecule has 0 bridgehead atoms. The van der Waals surface area contributed by atoms with Gasteiger partial charge in [0.25, 0.3) is 0 Å². The minimum absolute atomic E-state index is 0.106. The van der Waals surface area contributed by atoms with Crippen molar-refractivity contribution in [2.45, 2.75) is 25.4 Å². The molecule has 0 saturated carbocycles. The third-order valence-electron chi connectivity index (χ3n) is 3.89. The summed E-state index contributed by atoms with van der Waals surface area (Å²) in [6, 6.07) is 15.7. The largest absolute Gasteiger partial charge is 0.480 e. The monoisotopic (exact) mass is 343 g/mol. The van der Waals surface area contributed by atoms with Crippen LogP contribution in [-0.4, -0.2) is 34.7 Å². The third kappa shape index (κ3) is 4.24. The number of aliphatic carboxylic acids is 1. The summed E-state index contributed by atoms with van der Waals surface area (Å²) in [6.45, 7) is 1.86. The Labute approximate surface area is 147 Å². The van der Waals surface area contributed by atoms with Gasteiger partial charge in [0, 0.05) is 11.3 Å². The molecule has 0 aliphatic heterocycles. The first-order chi connectivity index (χ1) is 11.6. The van der Waals surface area contributed by atoms with Crippen LogP contribution in [0.25, 0.3) is 11.1 Å². The summed E-state index contributed by atoms with van der Waals surface area (Å²) in [4.78, 5) is 24.2. The van der Waals surface area contributed by atoms with Gasteiger partial charge in [-0.25, -0.2) is 0 Å². The fourth-order valence-electron chi connectivity index (χ4n) is 2.58. The van der Waals surface area contributed by atoms with E-state index >= 15 is 0 Å². The van der Waals surface area contributed by atoms with Crippen LogP contribution in [0.1, 0.15) is 23.7 Å². The Kier molecular flexibility index (Phi) is 6.58. The molecule has 0 heterocycles. The van der Waals surface area contributed by atoms with E-state index in [1.807, 2.05) is 55.5 Å². The lowest BCUT2D eigenvalue weighted by Crippen LogP contribution is -2.48. The van der Waals surface area contributed by atoms with Crippen LogP contribution in [-0.2, 0) is 4.79 Å². The number of carboxylic acid groups (broad SMARTS) is 1. The molecule has 0 amide bonds. The first-order valence-corrected chi connectivity index (χ1v) is 8.50. The molecule has 0 fully saturated rings. The van der Waals surface area contributed by atoms with Gasteiger partial charge in [-0.3, -0.25) is 14.9 Å². The number of carbonyl (C=O) groups excluding carboxylic acids is 1. The summed E-state index contributed by atoms with van der Waals surface area (Å²) in [5.41, 5.74) is 2.40. The van der Waals surface area contributed by atoms with Gasteiger partial charge < -0.3 is 5.11 Å². The predicted molar refractivity (Wildman–Crippen MR) is 98.7 cm³/mol. The molecule has 0 aliphatic rings. The molecule has 2 rings (SSSR count). The zero-order valence-electron chi connectivity index (χ0n) is 13.5. The molecule has 2 atom stereocenters. The second-order valence-corrected chi connectivity index (χ2v) is 5.84. The van der Waals surface area contributed by atoms with Crippen molar-refractivity contribution < 1.29 is 14.7 Å². The lowest BCUT2D eigenvalue weighted by atomic mass is 9.93. The molecule has 0 spiro atoms. The van der Waals surface area contributed by atoms with Gasteiger partial charge >= 0.3 is 5.97 Å². The van der Waals surface area contributed by atoms with E-state index in [0.717, 1.165) is 11.1 Å². The third-order valence-corrected chi connectivity index (χ3v) is 4.25. The van der Waals surface area contributed by atoms with Gasteiger partial charge in [-0.15, -0.1) is 0 Å². The van der Waals surface area contributed by atoms with Crippen molar-refractivity contribution in [3.05, 3.63) is 60.2 Å². The maximum absolute atomic E-state index is 13.0. The highest BCUT2D eigenvalue weighted by Gasteiger charge is 2.26. The molecule has 5 heteroatoms. The van der Waals surface area contributed by atoms with E-state index in [2.05, 4.69) is 17.9 Å². The average Bonchev–Trinajstić information content (AvgIpc) is 2.62. The van der Waals surface area contributed by atoms with Crippen molar-refractivity contribution in [3.63, 3.8) is 0 Å². The zero-order chi connectivity index (χ0) is 17.5. The van der Waals surface area contributed by atoms with E-state index in [0.29, 0.717) is 12.0 Å². The first-order valence-electron chi connectivity index (χ1n) is 7.86. The number of hydrogen-bond donors (Lipinski definition) is 3. The van der Waals surface area contributed by atoms with Gasteiger partial charge in [0.2, 0.25) is 0 Å². The molecule has 0 aromatic heterocycles. The maximum Gasteiger partial charge on any atom is 0.321 e. The summed E-state index contributed by atoms with van der Waals surface area (Å²) in [5.74, 6) is -0.989. The van der Waals surface area contributed by atoms with Crippen LogP contribution in [0.4, 0.5) is 0 Å². The van der Waals surface area contributed by atoms with E-state index in [9.17, 15) is 14.7 Å². The van der Waals surface area contributed by atoms with Crippen molar-refractivity contribution in [2.75, 3.05) is 5.75 Å². The van der Waals surface area contributed by atoms with Crippen molar-refractivity contribution in [1.82, 2.24) is 5.32 Å². The summed E-state index contributed by atoms with van der Waals surface area (Å²) in [6.07, 6.45) is 0.500. The lowest BCUT2D eigenvalue weighted by molar-refractivity contribution is -0.138. The second kappa shape index (κ2) is 8.66. The predicted octanol–water partition coefficient (Wildman–Crippen LogP) is 3.29. The average molecular weight is 343 g/mol. The first kappa shape index (κ1) is 18.2. The molecule has 2 aromatic carbocycles. The number of carbonyl (C=O) groups is 2. The van der Waals surface area contributed by atoms with E-state index in [4.69, 9.17) is 0 Å². The van der Waals surface area contributed by atoms with Gasteiger partial charge in [0.1, 0.15) is 6.04 Å². The summed E-state index contributed by atoms with van der Waals surface area (Å²) in [7, 11) is 0. The quantitative estimate of drug-likeness (QED) is 0.508. The molecule has 2 unspecified atom stereocenters. The van der Waals surface area contributed by atoms with Crippen LogP contribution in [0.2, 0.25) is 0 Å². The summed E-state index contributed by atoms with van der Waals surface area (Å²) < 4.78 is 0. The molecule has 24 heavy (non-hydrogen) atoms. The Bertz CT molecular complexity index is 703. The maximum atomic E-state index is 13.0. The molecular formula is C19H21NO3S. The number of benzene rings is 2. The number of ketones is 1. The number of hydrogen-bond acceptors (Lipinski definition) is 4. The highest BCUT2D eigenvalue weighted by Crippen LogP contribution is 2.25. The Hall–Kier alpha value is -2.11. The number of thiol groups is 1. The second-order valence-electron chi connectivity index (χ2n) is 5.48. The van der Waals surface area contributed by atoms with Gasteiger partial charge in [0.15, 0.2) is 5.78 Å². The minimum atomic E-state index is -1.01. The highest BCUT2D eigenvalue weighted by atomic mass is 32.1. The lowest BCUT2D eigenvalue weighted by Gasteiger charge is -2.21. The van der Waals surface area contributed by atoms with Gasteiger partial charge in [-0.1, -0.05) is 61.5 Å². The summed E-state index contributed by atoms with van der Waals surface area (Å²) >= 11 is 4.05. The smallest absolute Gasteiger partial charge is 0.321 e. The summed E-state index contributed by atoms with van der Waals surface area (Å²) in [5, 5.41) is 12.1. The fourth-order valence-corrected chi connectivity index (χ4v) is 2.84. The number of rotatable bonds is 8. The van der Waals surface area contributed by atoms with Gasteiger partial charge in [-0.2, -0.15) is 12.6 Å². The highest BCUT2D eigenvalue weighted by molar-refractivity contribution is 7.80. The molecule has 0 saturated heterocycles. The van der Waals surface area contributed by atoms with Crippen LogP contribution in [0.5, 0.6) is 0 Å². The van der Waals surface area contributed by atoms with E-state index in [-0.39, 0.29) is 11.5 Å². The molecule has 4 nitrogen and oxygen atoms in total. The Morgan fingerprint density at radius 3 is 2.25 bits per heavy atom. The zero-order valence-corrected chi connectivity index (χ0v) is 14.4. The van der Waals surface area contributed by atoms with E-state index < -0.39 is 18.1 Å². The van der Waals surface area contributed by atoms with Crippen molar-refractivity contribution in [1.29, 1.82) is 0 Å². The molecular weight excluding hydrogens is 322 g/mol. The van der Waals surface area contributed by atoms with E-state index in [1.54, 1.807) is 6.07 Å². The standard InChI is InChI=1S/C19H21NO3S/c1-2-16(20-17(12-24)19(22)23)18(21)15-11-7-6-10-14(15)13-8-4-3-5-9-13/h3-11,16-17,20,24H,2,12H2,1H3,(H,22,23). The van der Waals surface area contributed by atoms with Crippen LogP contribution >= 0.6 is 12.6 Å². The normalized spacial score (nSPS) is 13.2. The van der Waals surface area contributed by atoms with Crippen molar-refractivity contribution >= 4 is 24.4 Å². The van der Waals surface area contributed by atoms with Gasteiger partial charge in [-0.05, 0) is 17.5 Å². The Morgan fingerprint density at radius 2 is 1.67 bits per heavy atom.